The highest BCUT2D eigenvalue weighted by Gasteiger charge is 2.43. The predicted molar refractivity (Wildman–Crippen MR) is 99.3 cm³/mol. The summed E-state index contributed by atoms with van der Waals surface area (Å²) in [7, 11) is 3.19. The van der Waals surface area contributed by atoms with Crippen LogP contribution >= 0.6 is 0 Å². The van der Waals surface area contributed by atoms with Crippen LogP contribution in [0.2, 0.25) is 0 Å². The molecule has 0 aliphatic carbocycles. The van der Waals surface area contributed by atoms with Crippen molar-refractivity contribution in [1.82, 2.24) is 4.98 Å². The van der Waals surface area contributed by atoms with Gasteiger partial charge in [-0.1, -0.05) is 30.3 Å². The minimum absolute atomic E-state index is 0.508. The molecule has 2 aromatic carbocycles. The van der Waals surface area contributed by atoms with Crippen molar-refractivity contribution in [2.24, 2.45) is 5.73 Å². The highest BCUT2D eigenvalue weighted by Crippen LogP contribution is 2.39. The zero-order valence-corrected chi connectivity index (χ0v) is 14.7. The van der Waals surface area contributed by atoms with Crippen LogP contribution in [0, 0.1) is 0 Å². The maximum absolute atomic E-state index is 12.9. The van der Waals surface area contributed by atoms with Crippen molar-refractivity contribution in [3.8, 4) is 11.5 Å². The summed E-state index contributed by atoms with van der Waals surface area (Å²) >= 11 is 0. The van der Waals surface area contributed by atoms with E-state index in [0.717, 1.165) is 11.1 Å². The first kappa shape index (κ1) is 17.5. The Morgan fingerprint density at radius 1 is 0.846 bits per heavy atom. The Morgan fingerprint density at radius 3 is 1.69 bits per heavy atom. The third-order valence-electron chi connectivity index (χ3n) is 4.46. The lowest BCUT2D eigenvalue weighted by Crippen LogP contribution is -2.44. The number of hydrogen-bond acceptors (Lipinski definition) is 4. The number of aromatic nitrogens is 1. The summed E-state index contributed by atoms with van der Waals surface area (Å²) in [5.41, 5.74) is 6.74. The fourth-order valence-corrected chi connectivity index (χ4v) is 3.14. The highest BCUT2D eigenvalue weighted by molar-refractivity contribution is 5.94. The molecule has 0 aliphatic heterocycles. The van der Waals surface area contributed by atoms with E-state index in [9.17, 15) is 4.79 Å². The number of nitrogens with two attached hydrogens (primary N) is 1. The molecule has 0 aliphatic rings. The summed E-state index contributed by atoms with van der Waals surface area (Å²) in [6.45, 7) is 0. The van der Waals surface area contributed by atoms with E-state index in [0.29, 0.717) is 17.2 Å². The maximum Gasteiger partial charge on any atom is 0.238 e. The number of methoxy groups -OCH3 is 2. The largest absolute Gasteiger partial charge is 0.497 e. The zero-order chi connectivity index (χ0) is 18.6. The molecule has 5 heteroatoms. The lowest BCUT2D eigenvalue weighted by Gasteiger charge is -2.31. The molecule has 26 heavy (non-hydrogen) atoms. The van der Waals surface area contributed by atoms with Crippen LogP contribution in [0.4, 0.5) is 0 Å². The van der Waals surface area contributed by atoms with Crippen molar-refractivity contribution in [2.45, 2.75) is 5.41 Å². The van der Waals surface area contributed by atoms with Crippen LogP contribution in [-0.4, -0.2) is 25.1 Å². The Labute approximate surface area is 152 Å². The molecular formula is C21H20N2O3. The smallest absolute Gasteiger partial charge is 0.238 e. The van der Waals surface area contributed by atoms with E-state index in [1.165, 1.54) is 0 Å². The van der Waals surface area contributed by atoms with Crippen molar-refractivity contribution in [1.29, 1.82) is 0 Å². The Bertz CT molecular complexity index is 828. The summed E-state index contributed by atoms with van der Waals surface area (Å²) in [6.07, 6.45) is 1.65. The summed E-state index contributed by atoms with van der Waals surface area (Å²) in [5, 5.41) is 0. The molecule has 2 N–H and O–H groups in total. The SMILES string of the molecule is COc1ccc(C(C(N)=O)(c2ccc(OC)cc2)c2ccccn2)cc1. The van der Waals surface area contributed by atoms with Gasteiger partial charge in [0.1, 0.15) is 16.9 Å². The maximum atomic E-state index is 12.9. The second-order valence-electron chi connectivity index (χ2n) is 5.79. The van der Waals surface area contributed by atoms with Gasteiger partial charge in [0.25, 0.3) is 0 Å². The zero-order valence-electron chi connectivity index (χ0n) is 14.7. The van der Waals surface area contributed by atoms with E-state index in [4.69, 9.17) is 15.2 Å². The molecule has 1 amide bonds. The predicted octanol–water partition coefficient (Wildman–Crippen LogP) is 2.92. The quantitative estimate of drug-likeness (QED) is 0.743. The van der Waals surface area contributed by atoms with Crippen LogP contribution in [0.3, 0.4) is 0 Å². The Balaban J connectivity index is 2.29. The van der Waals surface area contributed by atoms with E-state index in [2.05, 4.69) is 4.98 Å². The van der Waals surface area contributed by atoms with E-state index in [1.807, 2.05) is 30.3 Å². The number of benzene rings is 2. The number of carbonyl (C=O) groups excluding carboxylic acids is 1. The van der Waals surface area contributed by atoms with Crippen molar-refractivity contribution in [3.05, 3.63) is 89.7 Å². The molecule has 132 valence electrons. The number of carbonyl (C=O) groups is 1. The van der Waals surface area contributed by atoms with Crippen LogP contribution in [-0.2, 0) is 10.2 Å². The second kappa shape index (κ2) is 7.27. The van der Waals surface area contributed by atoms with Crippen LogP contribution in [0.5, 0.6) is 11.5 Å². The van der Waals surface area contributed by atoms with E-state index in [1.54, 1.807) is 56.8 Å². The molecule has 0 atom stereocenters. The molecule has 0 saturated carbocycles. The van der Waals surface area contributed by atoms with Gasteiger partial charge in [-0.25, -0.2) is 0 Å². The monoisotopic (exact) mass is 348 g/mol. The highest BCUT2D eigenvalue weighted by atomic mass is 16.5. The van der Waals surface area contributed by atoms with Gasteiger partial charge in [0.2, 0.25) is 5.91 Å². The Hall–Kier alpha value is -3.34. The minimum atomic E-state index is -1.22. The first-order valence-electron chi connectivity index (χ1n) is 8.13. The van der Waals surface area contributed by atoms with Gasteiger partial charge in [-0.3, -0.25) is 9.78 Å². The van der Waals surface area contributed by atoms with Gasteiger partial charge in [-0.15, -0.1) is 0 Å². The molecule has 5 nitrogen and oxygen atoms in total. The molecule has 3 rings (SSSR count). The molecule has 1 aromatic heterocycles. The van der Waals surface area contributed by atoms with Gasteiger partial charge >= 0.3 is 0 Å². The molecule has 1 heterocycles. The van der Waals surface area contributed by atoms with E-state index >= 15 is 0 Å². The van der Waals surface area contributed by atoms with E-state index < -0.39 is 11.3 Å². The molecule has 0 bridgehead atoms. The van der Waals surface area contributed by atoms with Crippen LogP contribution in [0.25, 0.3) is 0 Å². The third kappa shape index (κ3) is 2.88. The van der Waals surface area contributed by atoms with Crippen LogP contribution < -0.4 is 15.2 Å². The molecule has 0 spiro atoms. The Kier molecular flexibility index (Phi) is 4.89. The van der Waals surface area contributed by atoms with Gasteiger partial charge in [0.15, 0.2) is 0 Å². The van der Waals surface area contributed by atoms with Gasteiger partial charge in [0, 0.05) is 6.20 Å². The third-order valence-corrected chi connectivity index (χ3v) is 4.46. The summed E-state index contributed by atoms with van der Waals surface area (Å²) < 4.78 is 10.5. The number of primary amides is 1. The fourth-order valence-electron chi connectivity index (χ4n) is 3.14. The average molecular weight is 348 g/mol. The molecule has 0 radical (unpaired) electrons. The Morgan fingerprint density at radius 2 is 1.35 bits per heavy atom. The standard InChI is InChI=1S/C21H20N2O3/c1-25-17-10-6-15(7-11-17)21(20(22)24,19-5-3-4-14-23-19)16-8-12-18(26-2)13-9-16/h3-14H,1-2H3,(H2,22,24). The van der Waals surface area contributed by atoms with Crippen molar-refractivity contribution >= 4 is 5.91 Å². The molecule has 0 unspecified atom stereocenters. The lowest BCUT2D eigenvalue weighted by molar-refractivity contribution is -0.121. The average Bonchev–Trinajstić information content (AvgIpc) is 2.70. The van der Waals surface area contributed by atoms with Crippen LogP contribution in [0.1, 0.15) is 16.8 Å². The summed E-state index contributed by atoms with van der Waals surface area (Å²) in [6, 6.07) is 20.0. The summed E-state index contributed by atoms with van der Waals surface area (Å²) in [4.78, 5) is 17.3. The molecule has 3 aromatic rings. The van der Waals surface area contributed by atoms with Gasteiger partial charge < -0.3 is 15.2 Å². The van der Waals surface area contributed by atoms with E-state index in [-0.39, 0.29) is 0 Å². The molecular weight excluding hydrogens is 328 g/mol. The number of amides is 1. The minimum Gasteiger partial charge on any atom is -0.497 e. The van der Waals surface area contributed by atoms with Gasteiger partial charge in [-0.2, -0.15) is 0 Å². The number of pyridine rings is 1. The fraction of sp³-hybridized carbons (Fsp3) is 0.143. The van der Waals surface area contributed by atoms with Gasteiger partial charge in [-0.05, 0) is 47.5 Å². The summed E-state index contributed by atoms with van der Waals surface area (Å²) in [5.74, 6) is 0.886. The topological polar surface area (TPSA) is 74.4 Å². The second-order valence-corrected chi connectivity index (χ2v) is 5.79. The first-order valence-corrected chi connectivity index (χ1v) is 8.13. The molecule has 0 saturated heterocycles. The number of ether oxygens (including phenoxy) is 2. The van der Waals surface area contributed by atoms with Crippen LogP contribution in [0.15, 0.2) is 72.9 Å². The first-order chi connectivity index (χ1) is 12.6. The van der Waals surface area contributed by atoms with Crippen molar-refractivity contribution in [3.63, 3.8) is 0 Å². The van der Waals surface area contributed by atoms with Crippen molar-refractivity contribution < 1.29 is 14.3 Å². The van der Waals surface area contributed by atoms with Crippen molar-refractivity contribution in [2.75, 3.05) is 14.2 Å². The molecule has 0 fully saturated rings. The lowest BCUT2D eigenvalue weighted by atomic mass is 9.71. The normalized spacial score (nSPS) is 11.0. The number of nitrogens with zero attached hydrogens (tertiary/aromatic N) is 1. The number of rotatable bonds is 6. The van der Waals surface area contributed by atoms with Gasteiger partial charge in [0.05, 0.1) is 19.9 Å². The number of hydrogen-bond donors (Lipinski definition) is 1.